The van der Waals surface area contributed by atoms with E-state index in [0.717, 1.165) is 64.2 Å². The van der Waals surface area contributed by atoms with Gasteiger partial charge in [0.1, 0.15) is 36.3 Å². The van der Waals surface area contributed by atoms with E-state index in [9.17, 15) is 58.2 Å². The van der Waals surface area contributed by atoms with Crippen LogP contribution < -0.4 is 99.0 Å². The van der Waals surface area contributed by atoms with Crippen LogP contribution in [0.15, 0.2) is 0 Å². The van der Waals surface area contributed by atoms with Crippen LogP contribution in [0.1, 0.15) is 258 Å². The highest BCUT2D eigenvalue weighted by atomic mass is 32.2. The van der Waals surface area contributed by atoms with Crippen LogP contribution in [0.25, 0.3) is 0 Å². The van der Waals surface area contributed by atoms with Gasteiger partial charge in [0.15, 0.2) is 0 Å². The minimum Gasteiger partial charge on any atom is -0.394 e. The van der Waals surface area contributed by atoms with Crippen molar-refractivity contribution in [2.45, 2.75) is 318 Å². The molecule has 0 aliphatic rings. The van der Waals surface area contributed by atoms with Gasteiger partial charge in [-0.3, -0.25) is 47.9 Å². The Morgan fingerprint density at radius 3 is 0.774 bits per heavy atom. The summed E-state index contributed by atoms with van der Waals surface area (Å²) in [5.41, 5.74) is 47.4. The molecule has 0 fully saturated rings. The van der Waals surface area contributed by atoms with E-state index in [0.29, 0.717) is 129 Å². The fourth-order valence-corrected chi connectivity index (χ4v) is 13.8. The molecule has 0 radical (unpaired) electrons. The highest BCUT2D eigenvalue weighted by Crippen LogP contribution is 2.16. The molecular weight excluding hydrogens is 1400 g/mol. The fourth-order valence-electron chi connectivity index (χ4n) is 11.5. The van der Waals surface area contributed by atoms with Crippen molar-refractivity contribution in [3.8, 4) is 0 Å². The van der Waals surface area contributed by atoms with Crippen LogP contribution in [0, 0.1) is 0 Å². The maximum atomic E-state index is 14.5. The Balaban J connectivity index is 6.98. The first-order chi connectivity index (χ1) is 51.2. The Morgan fingerprint density at radius 2 is 0.491 bits per heavy atom. The van der Waals surface area contributed by atoms with Crippen LogP contribution >= 0.6 is 23.5 Å². The van der Waals surface area contributed by atoms with Crippen molar-refractivity contribution in [1.82, 2.24) is 53.2 Å². The molecule has 30 nitrogen and oxygen atoms in total. The summed E-state index contributed by atoms with van der Waals surface area (Å²) in [6, 6.07) is -11.3. The Morgan fingerprint density at radius 1 is 0.264 bits per heavy atom. The Hall–Kier alpha value is -5.00. The third-order valence-electron chi connectivity index (χ3n) is 18.4. The molecule has 0 heterocycles. The molecular formula is C74H148N18O12S2. The molecule has 10 atom stereocenters. The molecule has 0 rings (SSSR count). The molecule has 0 spiro atoms. The van der Waals surface area contributed by atoms with Crippen LogP contribution in [0.4, 0.5) is 0 Å². The molecule has 0 unspecified atom stereocenters. The topological polar surface area (TPSA) is 540 Å². The summed E-state index contributed by atoms with van der Waals surface area (Å²) >= 11 is 2.44. The van der Waals surface area contributed by atoms with Crippen molar-refractivity contribution < 1.29 is 58.2 Å². The highest BCUT2D eigenvalue weighted by molar-refractivity contribution is 8.03. The number of aliphatic hydroxyl groups excluding tert-OH is 2. The second-order valence-electron chi connectivity index (χ2n) is 28.0. The van der Waals surface area contributed by atoms with Gasteiger partial charge in [-0.25, -0.2) is 0 Å². The zero-order valence-electron chi connectivity index (χ0n) is 65.0. The van der Waals surface area contributed by atoms with Crippen molar-refractivity contribution in [3.05, 3.63) is 0 Å². The maximum Gasteiger partial charge on any atom is 0.244 e. The van der Waals surface area contributed by atoms with Gasteiger partial charge in [0.2, 0.25) is 59.1 Å². The molecule has 10 amide bonds. The Kier molecular flexibility index (Phi) is 65.9. The van der Waals surface area contributed by atoms with Gasteiger partial charge in [-0.15, -0.1) is 0 Å². The van der Waals surface area contributed by atoms with E-state index in [-0.39, 0.29) is 73.6 Å². The van der Waals surface area contributed by atoms with Gasteiger partial charge in [0, 0.05) is 49.2 Å². The third kappa shape index (κ3) is 53.0. The standard InChI is InChI=1S/C74H148N18O12S2/c1-3-5-7-9-11-13-15-17-19-31-45-85-69(99)61(51-93)89-73(103)63(91-71(101)59(87-67(97)57(81)37-23-29-43-77)39-25-33-47-83-65(95)55(79)35-21-27-41-75)53-105-49-50-106-54-64(74(104)90-62(52-94)70(100)86-46-32-20-18-16-14-12-10-8-6-4-2)92-72(102)60(88-68(98)58(82)38-24-30-44-78)40-26-34-48-84-66(96)56(80)36-22-28-42-76/h55-64,93-94H,3-54,75-82H2,1-2H3,(H,83,95)(H,84,96)(H,85,99)(H,86,100)(H,87,97)(H,88,98)(H,89,103)(H,90,104)(H,91,101)(H,92,102)/t55-,56-,57-,58-,59-,60-,61-,62-,63-,64-/m0/s1. The van der Waals surface area contributed by atoms with E-state index in [1.165, 1.54) is 87.7 Å². The van der Waals surface area contributed by atoms with E-state index in [4.69, 9.17) is 45.9 Å². The highest BCUT2D eigenvalue weighted by Gasteiger charge is 2.33. The first-order valence-electron chi connectivity index (χ1n) is 40.3. The van der Waals surface area contributed by atoms with Gasteiger partial charge < -0.3 is 109 Å². The lowest BCUT2D eigenvalue weighted by atomic mass is 10.1. The van der Waals surface area contributed by atoms with Crippen molar-refractivity contribution >= 4 is 82.6 Å². The van der Waals surface area contributed by atoms with Gasteiger partial charge in [-0.2, -0.15) is 23.5 Å². The summed E-state index contributed by atoms with van der Waals surface area (Å²) < 4.78 is 0. The van der Waals surface area contributed by atoms with E-state index in [2.05, 4.69) is 67.0 Å². The quantitative estimate of drug-likeness (QED) is 0.0386. The predicted molar refractivity (Wildman–Crippen MR) is 427 cm³/mol. The summed E-state index contributed by atoms with van der Waals surface area (Å²) in [5, 5.41) is 48.6. The number of thioether (sulfide) groups is 2. The molecule has 0 aliphatic heterocycles. The van der Waals surface area contributed by atoms with Crippen molar-refractivity contribution in [1.29, 1.82) is 0 Å². The summed E-state index contributed by atoms with van der Waals surface area (Å²) in [4.78, 5) is 138. The molecule has 32 heteroatoms. The van der Waals surface area contributed by atoms with Crippen LogP contribution in [0.2, 0.25) is 0 Å². The number of amides is 10. The summed E-state index contributed by atoms with van der Waals surface area (Å²) in [7, 11) is 0. The fraction of sp³-hybridized carbons (Fsp3) is 0.865. The normalized spacial score (nSPS) is 14.2. The second-order valence-corrected chi connectivity index (χ2v) is 30.3. The molecule has 0 saturated carbocycles. The molecule has 0 aromatic heterocycles. The third-order valence-corrected chi connectivity index (χ3v) is 20.8. The summed E-state index contributed by atoms with van der Waals surface area (Å²) in [6.45, 7) is 5.70. The van der Waals surface area contributed by atoms with Gasteiger partial charge in [-0.1, -0.05) is 155 Å². The van der Waals surface area contributed by atoms with E-state index in [1.807, 2.05) is 0 Å². The predicted octanol–water partition coefficient (Wildman–Crippen LogP) is 1.82. The Labute approximate surface area is 643 Å². The first-order valence-corrected chi connectivity index (χ1v) is 42.6. The Bertz CT molecular complexity index is 2180. The van der Waals surface area contributed by atoms with Crippen molar-refractivity contribution in [2.75, 3.05) is 88.6 Å². The minimum atomic E-state index is -1.39. The van der Waals surface area contributed by atoms with Gasteiger partial charge in [0.25, 0.3) is 0 Å². The monoisotopic (exact) mass is 1550 g/mol. The number of nitrogens with one attached hydrogen (secondary N) is 10. The van der Waals surface area contributed by atoms with Gasteiger partial charge in [0.05, 0.1) is 37.4 Å². The molecule has 0 aliphatic carbocycles. The van der Waals surface area contributed by atoms with Crippen molar-refractivity contribution in [3.63, 3.8) is 0 Å². The van der Waals surface area contributed by atoms with Crippen LogP contribution in [0.3, 0.4) is 0 Å². The number of aliphatic hydroxyl groups is 2. The number of rotatable bonds is 73. The summed E-state index contributed by atoms with van der Waals surface area (Å²) in [5.74, 6) is -5.85. The minimum absolute atomic E-state index is 0.0698. The molecule has 618 valence electrons. The molecule has 0 bridgehead atoms. The number of unbranched alkanes of at least 4 members (excludes halogenated alkanes) is 24. The van der Waals surface area contributed by atoms with Crippen LogP contribution in [-0.2, 0) is 47.9 Å². The van der Waals surface area contributed by atoms with E-state index < -0.39 is 121 Å². The average molecular weight is 1550 g/mol. The number of hydrogen-bond donors (Lipinski definition) is 20. The molecule has 0 aromatic carbocycles. The number of carbonyl (C=O) groups is 10. The largest absolute Gasteiger partial charge is 0.394 e. The smallest absolute Gasteiger partial charge is 0.244 e. The number of hydrogen-bond acceptors (Lipinski definition) is 22. The molecule has 28 N–H and O–H groups in total. The molecule has 0 aromatic rings. The SMILES string of the molecule is CCCCCCCCCCCCNC(=O)[C@H](CO)NC(=O)[C@H](CSCCSC[C@H](NC(=O)[C@H](CCCCNC(=O)[C@@H](N)CCCCN)NC(=O)[C@@H](N)CCCCN)C(=O)N[C@@H](CO)C(=O)NCCCCCCCCCCCC)NC(=O)[C@H](CCCCNC(=O)[C@@H](N)CCCCN)NC(=O)[C@@H](N)CCCCN. The summed E-state index contributed by atoms with van der Waals surface area (Å²) in [6.07, 6.45) is 30.1. The van der Waals surface area contributed by atoms with E-state index in [1.54, 1.807) is 0 Å². The van der Waals surface area contributed by atoms with Crippen molar-refractivity contribution in [2.24, 2.45) is 45.9 Å². The number of carbonyl (C=O) groups excluding carboxylic acids is 10. The van der Waals surface area contributed by atoms with E-state index >= 15 is 0 Å². The van der Waals surface area contributed by atoms with Crippen LogP contribution in [-0.4, -0.2) is 218 Å². The lowest BCUT2D eigenvalue weighted by Gasteiger charge is -2.26. The number of nitrogens with two attached hydrogens (primary N) is 8. The lowest BCUT2D eigenvalue weighted by molar-refractivity contribution is -0.134. The van der Waals surface area contributed by atoms with Gasteiger partial charge >= 0.3 is 0 Å². The zero-order valence-corrected chi connectivity index (χ0v) is 66.6. The van der Waals surface area contributed by atoms with Gasteiger partial charge in [-0.05, 0) is 129 Å². The second kappa shape index (κ2) is 69.2. The molecule has 106 heavy (non-hydrogen) atoms. The maximum absolute atomic E-state index is 14.5. The van der Waals surface area contributed by atoms with Crippen LogP contribution in [0.5, 0.6) is 0 Å². The molecule has 0 saturated heterocycles. The lowest BCUT2D eigenvalue weighted by Crippen LogP contribution is -2.59. The zero-order chi connectivity index (χ0) is 78.8. The average Bonchev–Trinajstić information content (AvgIpc) is 0.874. The first kappa shape index (κ1) is 101.